The molecule has 3 amide bonds. The number of amides is 3. The summed E-state index contributed by atoms with van der Waals surface area (Å²) in [5.41, 5.74) is -0.657. The molecule has 1 unspecified atom stereocenters. The SMILES string of the molecule is C[C@@H]1C[C@@]2(NC(=O)NC2=O)[C@@H](C)C[NH+]1C. The Hall–Kier alpha value is -1.10. The summed E-state index contributed by atoms with van der Waals surface area (Å²) < 4.78 is 0. The first-order valence-corrected chi connectivity index (χ1v) is 5.41. The number of carbonyl (C=O) groups is 2. The van der Waals surface area contributed by atoms with Crippen molar-refractivity contribution in [2.24, 2.45) is 5.92 Å². The summed E-state index contributed by atoms with van der Waals surface area (Å²) in [5, 5.41) is 5.15. The van der Waals surface area contributed by atoms with E-state index in [0.717, 1.165) is 13.0 Å². The molecule has 2 saturated heterocycles. The van der Waals surface area contributed by atoms with Crippen molar-refractivity contribution in [3.05, 3.63) is 0 Å². The van der Waals surface area contributed by atoms with Crippen LogP contribution in [-0.4, -0.2) is 37.1 Å². The minimum atomic E-state index is -0.657. The van der Waals surface area contributed by atoms with Gasteiger partial charge in [0, 0.05) is 12.3 Å². The van der Waals surface area contributed by atoms with Crippen molar-refractivity contribution < 1.29 is 14.5 Å². The predicted molar refractivity (Wildman–Crippen MR) is 54.4 cm³/mol. The molecule has 0 aliphatic carbocycles. The van der Waals surface area contributed by atoms with E-state index in [9.17, 15) is 9.59 Å². The maximum absolute atomic E-state index is 11.8. The van der Waals surface area contributed by atoms with E-state index in [2.05, 4.69) is 24.6 Å². The smallest absolute Gasteiger partial charge is 0.322 e. The second-order valence-corrected chi connectivity index (χ2v) is 4.94. The Kier molecular flexibility index (Phi) is 2.22. The van der Waals surface area contributed by atoms with Gasteiger partial charge in [0.25, 0.3) is 5.91 Å². The monoisotopic (exact) mass is 212 g/mol. The summed E-state index contributed by atoms with van der Waals surface area (Å²) >= 11 is 0. The van der Waals surface area contributed by atoms with Crippen LogP contribution in [-0.2, 0) is 4.79 Å². The van der Waals surface area contributed by atoms with Crippen LogP contribution in [0.25, 0.3) is 0 Å². The van der Waals surface area contributed by atoms with E-state index in [0.29, 0.717) is 6.04 Å². The van der Waals surface area contributed by atoms with Crippen molar-refractivity contribution in [2.75, 3.05) is 13.6 Å². The minimum absolute atomic E-state index is 0.153. The number of carbonyl (C=O) groups excluding carboxylic acids is 2. The maximum atomic E-state index is 11.8. The lowest BCUT2D eigenvalue weighted by Gasteiger charge is -2.42. The Morgan fingerprint density at radius 1 is 1.40 bits per heavy atom. The molecule has 0 bridgehead atoms. The van der Waals surface area contributed by atoms with Crippen LogP contribution in [0.15, 0.2) is 0 Å². The van der Waals surface area contributed by atoms with Crippen LogP contribution in [0.3, 0.4) is 0 Å². The lowest BCUT2D eigenvalue weighted by atomic mass is 9.76. The van der Waals surface area contributed by atoms with Gasteiger partial charge in [0.15, 0.2) is 0 Å². The van der Waals surface area contributed by atoms with Crippen LogP contribution in [0.5, 0.6) is 0 Å². The second-order valence-electron chi connectivity index (χ2n) is 4.94. The number of nitrogens with one attached hydrogen (secondary N) is 3. The quantitative estimate of drug-likeness (QED) is 0.428. The molecule has 2 rings (SSSR count). The molecule has 2 fully saturated rings. The van der Waals surface area contributed by atoms with Gasteiger partial charge in [-0.1, -0.05) is 6.92 Å². The van der Waals surface area contributed by atoms with E-state index < -0.39 is 5.54 Å². The third-order valence-electron chi connectivity index (χ3n) is 3.91. The lowest BCUT2D eigenvalue weighted by molar-refractivity contribution is -0.914. The molecular formula is C10H18N3O2+. The van der Waals surface area contributed by atoms with Crippen molar-refractivity contribution in [1.82, 2.24) is 10.6 Å². The first-order valence-electron chi connectivity index (χ1n) is 5.41. The Bertz CT molecular complexity index is 318. The van der Waals surface area contributed by atoms with E-state index in [1.165, 1.54) is 4.90 Å². The van der Waals surface area contributed by atoms with Crippen molar-refractivity contribution in [3.8, 4) is 0 Å². The highest BCUT2D eigenvalue weighted by molar-refractivity contribution is 6.07. The standard InChI is InChI=1S/C10H17N3O2/c1-6-5-13(3)7(2)4-10(6)8(14)11-9(15)12-10/h6-7H,4-5H2,1-3H3,(H2,11,12,14,15)/p+1/t6-,7+,10+/m0/s1. The van der Waals surface area contributed by atoms with Crippen molar-refractivity contribution in [3.63, 3.8) is 0 Å². The average Bonchev–Trinajstić information content (AvgIpc) is 2.40. The molecule has 5 heteroatoms. The number of likely N-dealkylation sites (tertiary alicyclic amines) is 1. The molecule has 2 aliphatic heterocycles. The first kappa shape index (κ1) is 10.4. The van der Waals surface area contributed by atoms with Crippen molar-refractivity contribution in [2.45, 2.75) is 31.8 Å². The zero-order valence-corrected chi connectivity index (χ0v) is 9.39. The van der Waals surface area contributed by atoms with Gasteiger partial charge in [-0.2, -0.15) is 0 Å². The van der Waals surface area contributed by atoms with E-state index in [1.54, 1.807) is 0 Å². The molecule has 0 saturated carbocycles. The van der Waals surface area contributed by atoms with E-state index in [4.69, 9.17) is 0 Å². The number of hydrogen-bond acceptors (Lipinski definition) is 2. The van der Waals surface area contributed by atoms with Crippen LogP contribution >= 0.6 is 0 Å². The van der Waals surface area contributed by atoms with Crippen molar-refractivity contribution in [1.29, 1.82) is 0 Å². The normalized spacial score (nSPS) is 45.4. The topological polar surface area (TPSA) is 62.6 Å². The van der Waals surface area contributed by atoms with Gasteiger partial charge in [-0.25, -0.2) is 4.79 Å². The lowest BCUT2D eigenvalue weighted by Crippen LogP contribution is -3.15. The molecular weight excluding hydrogens is 194 g/mol. The van der Waals surface area contributed by atoms with Gasteiger partial charge in [-0.05, 0) is 6.92 Å². The highest BCUT2D eigenvalue weighted by Gasteiger charge is 2.55. The summed E-state index contributed by atoms with van der Waals surface area (Å²) in [4.78, 5) is 24.4. The van der Waals surface area contributed by atoms with Crippen molar-refractivity contribution >= 4 is 11.9 Å². The van der Waals surface area contributed by atoms with Gasteiger partial charge < -0.3 is 10.2 Å². The molecule has 5 nitrogen and oxygen atoms in total. The molecule has 0 aromatic heterocycles. The summed E-state index contributed by atoms with van der Waals surface area (Å²) in [5.74, 6) is 0.0273. The molecule has 3 N–H and O–H groups in total. The van der Waals surface area contributed by atoms with Crippen LogP contribution < -0.4 is 15.5 Å². The molecule has 2 aliphatic rings. The number of rotatable bonds is 0. The number of piperidine rings is 1. The van der Waals surface area contributed by atoms with Crippen LogP contribution in [0.1, 0.15) is 20.3 Å². The number of quaternary nitrogens is 1. The summed E-state index contributed by atoms with van der Waals surface area (Å²) in [7, 11) is 2.13. The molecule has 0 radical (unpaired) electrons. The Morgan fingerprint density at radius 2 is 2.07 bits per heavy atom. The summed E-state index contributed by atoms with van der Waals surface area (Å²) in [6.07, 6.45) is 0.720. The minimum Gasteiger partial charge on any atom is -0.335 e. The molecule has 1 spiro atoms. The fraction of sp³-hybridized carbons (Fsp3) is 0.800. The summed E-state index contributed by atoms with van der Waals surface area (Å²) in [6.45, 7) is 5.05. The first-order chi connectivity index (χ1) is 6.95. The third-order valence-corrected chi connectivity index (χ3v) is 3.91. The molecule has 2 heterocycles. The van der Waals surface area contributed by atoms with Gasteiger partial charge in [0.1, 0.15) is 5.54 Å². The number of imide groups is 1. The maximum Gasteiger partial charge on any atom is 0.322 e. The second kappa shape index (κ2) is 3.20. The molecule has 0 aromatic carbocycles. The Morgan fingerprint density at radius 3 is 2.60 bits per heavy atom. The zero-order valence-electron chi connectivity index (χ0n) is 9.39. The highest BCUT2D eigenvalue weighted by Crippen LogP contribution is 2.27. The molecule has 0 aromatic rings. The average molecular weight is 212 g/mol. The van der Waals surface area contributed by atoms with Gasteiger partial charge in [0.05, 0.1) is 19.6 Å². The van der Waals surface area contributed by atoms with Crippen LogP contribution in [0.4, 0.5) is 4.79 Å². The molecule has 4 atom stereocenters. The van der Waals surface area contributed by atoms with Gasteiger partial charge in [0.2, 0.25) is 0 Å². The van der Waals surface area contributed by atoms with Crippen LogP contribution in [0.2, 0.25) is 0 Å². The fourth-order valence-corrected chi connectivity index (χ4v) is 2.71. The molecule has 84 valence electrons. The fourth-order valence-electron chi connectivity index (χ4n) is 2.71. The van der Waals surface area contributed by atoms with Gasteiger partial charge in [-0.15, -0.1) is 0 Å². The predicted octanol–water partition coefficient (Wildman–Crippen LogP) is -1.49. The van der Waals surface area contributed by atoms with E-state index in [1.807, 2.05) is 6.92 Å². The Labute approximate surface area is 89.2 Å². The highest BCUT2D eigenvalue weighted by atomic mass is 16.2. The Balaban J connectivity index is 2.27. The largest absolute Gasteiger partial charge is 0.335 e. The number of hydrogen-bond donors (Lipinski definition) is 3. The molecule has 15 heavy (non-hydrogen) atoms. The van der Waals surface area contributed by atoms with E-state index >= 15 is 0 Å². The summed E-state index contributed by atoms with van der Waals surface area (Å²) in [6, 6.07) is 0.0453. The van der Waals surface area contributed by atoms with Gasteiger partial charge in [-0.3, -0.25) is 10.1 Å². The third kappa shape index (κ3) is 1.42. The van der Waals surface area contributed by atoms with E-state index in [-0.39, 0.29) is 17.9 Å². The number of urea groups is 1. The zero-order chi connectivity index (χ0) is 11.2. The van der Waals surface area contributed by atoms with Crippen LogP contribution in [0, 0.1) is 5.92 Å². The van der Waals surface area contributed by atoms with Gasteiger partial charge >= 0.3 is 6.03 Å².